The minimum Gasteiger partial charge on any atom is -0.356 e. The maximum atomic E-state index is 12.2. The molecule has 1 heterocycles. The van der Waals surface area contributed by atoms with Crippen molar-refractivity contribution in [3.63, 3.8) is 0 Å². The Labute approximate surface area is 197 Å². The van der Waals surface area contributed by atoms with Crippen LogP contribution in [-0.2, 0) is 16.0 Å². The highest BCUT2D eigenvalue weighted by atomic mass is 33.1. The van der Waals surface area contributed by atoms with Crippen LogP contribution in [0.3, 0.4) is 0 Å². The number of amides is 3. The van der Waals surface area contributed by atoms with E-state index in [1.165, 1.54) is 12.4 Å². The molecule has 172 valence electrons. The second kappa shape index (κ2) is 14.5. The van der Waals surface area contributed by atoms with E-state index < -0.39 is 0 Å². The predicted molar refractivity (Wildman–Crippen MR) is 130 cm³/mol. The lowest BCUT2D eigenvalue weighted by Gasteiger charge is -2.13. The molecular weight excluding hydrogens is 444 g/mol. The Hall–Kier alpha value is -2.52. The molecule has 9 heteroatoms. The molecule has 3 N–H and O–H groups in total. The lowest BCUT2D eigenvalue weighted by Crippen LogP contribution is -2.41. The summed E-state index contributed by atoms with van der Waals surface area (Å²) in [6.07, 6.45) is 6.39. The first kappa shape index (κ1) is 25.7. The number of nitrogens with zero attached hydrogens (tertiary/aromatic N) is 1. The minimum absolute atomic E-state index is 0.0371. The molecule has 3 amide bonds. The number of rotatable bonds is 12. The number of aromatic nitrogens is 1. The molecule has 1 atom stereocenters. The molecule has 1 aromatic heterocycles. The van der Waals surface area contributed by atoms with Gasteiger partial charge >= 0.3 is 0 Å². The Morgan fingerprint density at radius 3 is 2.53 bits per heavy atom. The van der Waals surface area contributed by atoms with Crippen molar-refractivity contribution < 1.29 is 14.4 Å². The molecule has 0 aliphatic rings. The van der Waals surface area contributed by atoms with Gasteiger partial charge in [0.2, 0.25) is 11.8 Å². The lowest BCUT2D eigenvalue weighted by atomic mass is 10.1. The molecule has 0 saturated heterocycles. The molecule has 0 aliphatic carbocycles. The van der Waals surface area contributed by atoms with Crippen molar-refractivity contribution in [1.82, 2.24) is 21.2 Å². The van der Waals surface area contributed by atoms with Crippen molar-refractivity contribution in [3.05, 3.63) is 59.9 Å². The fraction of sp³-hybridized carbons (Fsp3) is 0.391. The van der Waals surface area contributed by atoms with Crippen LogP contribution in [0.1, 0.15) is 55.5 Å². The number of hydrogen-bond acceptors (Lipinski definition) is 6. The summed E-state index contributed by atoms with van der Waals surface area (Å²) in [5.74, 6) is -0.585. The third-order valence-electron chi connectivity index (χ3n) is 4.51. The van der Waals surface area contributed by atoms with E-state index in [4.69, 9.17) is 0 Å². The first-order valence-electron chi connectivity index (χ1n) is 10.7. The number of pyridine rings is 1. The molecule has 32 heavy (non-hydrogen) atoms. The second-order valence-corrected chi connectivity index (χ2v) is 9.94. The van der Waals surface area contributed by atoms with Crippen molar-refractivity contribution >= 4 is 39.3 Å². The summed E-state index contributed by atoms with van der Waals surface area (Å²) in [5, 5.41) is 3.17. The monoisotopic (exact) mass is 474 g/mol. The number of unbranched alkanes of at least 4 members (excludes halogenated alkanes) is 1. The van der Waals surface area contributed by atoms with E-state index in [0.29, 0.717) is 31.4 Å². The van der Waals surface area contributed by atoms with E-state index in [2.05, 4.69) is 35.0 Å². The van der Waals surface area contributed by atoms with Crippen LogP contribution in [0.15, 0.2) is 53.7 Å². The van der Waals surface area contributed by atoms with Crippen LogP contribution in [0.5, 0.6) is 0 Å². The number of hydrazine groups is 1. The second-order valence-electron chi connectivity index (χ2n) is 7.26. The van der Waals surface area contributed by atoms with E-state index in [1.807, 2.05) is 24.3 Å². The van der Waals surface area contributed by atoms with Crippen LogP contribution < -0.4 is 16.2 Å². The Bertz CT molecular complexity index is 881. The van der Waals surface area contributed by atoms with Gasteiger partial charge in [-0.15, -0.1) is 0 Å². The van der Waals surface area contributed by atoms with Crippen LogP contribution in [0.25, 0.3) is 0 Å². The lowest BCUT2D eigenvalue weighted by molar-refractivity contribution is -0.122. The van der Waals surface area contributed by atoms with Gasteiger partial charge in [0.25, 0.3) is 5.91 Å². The van der Waals surface area contributed by atoms with Crippen molar-refractivity contribution in [2.24, 2.45) is 0 Å². The number of nitrogens with one attached hydrogen (secondary N) is 3. The van der Waals surface area contributed by atoms with Gasteiger partial charge in [0.15, 0.2) is 0 Å². The van der Waals surface area contributed by atoms with Gasteiger partial charge in [-0.25, -0.2) is 0 Å². The van der Waals surface area contributed by atoms with Crippen molar-refractivity contribution in [2.45, 2.75) is 56.1 Å². The molecule has 0 bridgehead atoms. The number of benzene rings is 1. The largest absolute Gasteiger partial charge is 0.356 e. The van der Waals surface area contributed by atoms with E-state index in [0.717, 1.165) is 23.3 Å². The van der Waals surface area contributed by atoms with Crippen LogP contribution in [0.4, 0.5) is 0 Å². The summed E-state index contributed by atoms with van der Waals surface area (Å²) in [6, 6.07) is 11.0. The minimum atomic E-state index is -0.380. The predicted octanol–water partition coefficient (Wildman–Crippen LogP) is 3.91. The first-order chi connectivity index (χ1) is 15.5. The highest BCUT2D eigenvalue weighted by Gasteiger charge is 2.13. The number of carbonyl (C=O) groups is 3. The average Bonchev–Trinajstić information content (AvgIpc) is 2.81. The normalized spacial score (nSPS) is 11.4. The summed E-state index contributed by atoms with van der Waals surface area (Å²) in [6.45, 7) is 4.86. The van der Waals surface area contributed by atoms with Gasteiger partial charge in [0, 0.05) is 41.1 Å². The van der Waals surface area contributed by atoms with Gasteiger partial charge in [0.05, 0.1) is 6.42 Å². The van der Waals surface area contributed by atoms with Crippen LogP contribution in [-0.4, -0.2) is 34.5 Å². The van der Waals surface area contributed by atoms with Crippen LogP contribution in [0, 0.1) is 0 Å². The maximum Gasteiger partial charge on any atom is 0.269 e. The van der Waals surface area contributed by atoms with Gasteiger partial charge in [-0.3, -0.25) is 30.2 Å². The molecule has 0 saturated carbocycles. The Kier molecular flexibility index (Phi) is 11.7. The molecule has 1 unspecified atom stereocenters. The van der Waals surface area contributed by atoms with Gasteiger partial charge < -0.3 is 5.32 Å². The summed E-state index contributed by atoms with van der Waals surface area (Å²) in [4.78, 5) is 41.0. The third-order valence-corrected chi connectivity index (χ3v) is 7.57. The topological polar surface area (TPSA) is 100 Å². The molecule has 0 fully saturated rings. The molecule has 0 spiro atoms. The van der Waals surface area contributed by atoms with Gasteiger partial charge in [-0.1, -0.05) is 60.1 Å². The molecule has 1 aromatic carbocycles. The van der Waals surface area contributed by atoms with Crippen molar-refractivity contribution in [1.29, 1.82) is 0 Å². The molecule has 7 nitrogen and oxygen atoms in total. The fourth-order valence-electron chi connectivity index (χ4n) is 2.65. The van der Waals surface area contributed by atoms with Crippen LogP contribution >= 0.6 is 21.6 Å². The van der Waals surface area contributed by atoms with E-state index in [-0.39, 0.29) is 23.0 Å². The SMILES string of the molecule is CCCCNC(=O)Cc1ccccc1SSC(C)CCC(=O)NNC(=O)c1ccncc1. The fourth-order valence-corrected chi connectivity index (χ4v) is 5.10. The first-order valence-corrected chi connectivity index (χ1v) is 12.9. The van der Waals surface area contributed by atoms with Crippen molar-refractivity contribution in [2.75, 3.05) is 6.54 Å². The van der Waals surface area contributed by atoms with Gasteiger partial charge in [-0.2, -0.15) is 0 Å². The zero-order chi connectivity index (χ0) is 23.2. The highest BCUT2D eigenvalue weighted by molar-refractivity contribution is 8.77. The zero-order valence-corrected chi connectivity index (χ0v) is 20.1. The van der Waals surface area contributed by atoms with E-state index in [1.54, 1.807) is 33.7 Å². The Morgan fingerprint density at radius 2 is 1.78 bits per heavy atom. The highest BCUT2D eigenvalue weighted by Crippen LogP contribution is 2.37. The molecular formula is C23H30N4O3S2. The van der Waals surface area contributed by atoms with E-state index >= 15 is 0 Å². The molecule has 0 radical (unpaired) electrons. The number of hydrogen-bond donors (Lipinski definition) is 3. The van der Waals surface area contributed by atoms with E-state index in [9.17, 15) is 14.4 Å². The molecule has 2 rings (SSSR count). The standard InChI is InChI=1S/C23H30N4O3S2/c1-3-4-13-25-22(29)16-19-7-5-6-8-20(19)32-31-17(2)9-10-21(28)26-27-23(30)18-11-14-24-15-12-18/h5-8,11-12,14-15,17H,3-4,9-10,13,16H2,1-2H3,(H,25,29)(H,26,28)(H,27,30). The van der Waals surface area contributed by atoms with Crippen LogP contribution in [0.2, 0.25) is 0 Å². The maximum absolute atomic E-state index is 12.2. The Morgan fingerprint density at radius 1 is 1.03 bits per heavy atom. The van der Waals surface area contributed by atoms with Gasteiger partial charge in [-0.05, 0) is 36.6 Å². The summed E-state index contributed by atoms with van der Waals surface area (Å²) >= 11 is 0. The molecule has 2 aromatic rings. The van der Waals surface area contributed by atoms with Gasteiger partial charge in [0.1, 0.15) is 0 Å². The summed E-state index contributed by atoms with van der Waals surface area (Å²) in [7, 11) is 3.29. The smallest absolute Gasteiger partial charge is 0.269 e. The van der Waals surface area contributed by atoms with Crippen molar-refractivity contribution in [3.8, 4) is 0 Å². The molecule has 0 aliphatic heterocycles. The number of carbonyl (C=O) groups excluding carboxylic acids is 3. The summed E-state index contributed by atoms with van der Waals surface area (Å²) in [5.41, 5.74) is 6.28. The summed E-state index contributed by atoms with van der Waals surface area (Å²) < 4.78 is 0. The zero-order valence-electron chi connectivity index (χ0n) is 18.4. The quantitative estimate of drug-likeness (QED) is 0.245. The third kappa shape index (κ3) is 9.74. The Balaban J connectivity index is 1.71. The average molecular weight is 475 g/mol.